The third-order valence-electron chi connectivity index (χ3n) is 4.14. The molecule has 0 saturated carbocycles. The fourth-order valence-corrected chi connectivity index (χ4v) is 3.15. The van der Waals surface area contributed by atoms with Crippen LogP contribution in [0.4, 0.5) is 0 Å². The van der Waals surface area contributed by atoms with Crippen LogP contribution in [0, 0.1) is 0 Å². The van der Waals surface area contributed by atoms with Crippen LogP contribution in [0.3, 0.4) is 0 Å². The van der Waals surface area contributed by atoms with Crippen molar-refractivity contribution in [1.29, 1.82) is 0 Å². The Labute approximate surface area is 199 Å². The fourth-order valence-electron chi connectivity index (χ4n) is 2.49. The Morgan fingerprint density at radius 2 is 1.69 bits per heavy atom. The highest BCUT2D eigenvalue weighted by Gasteiger charge is 2.16. The van der Waals surface area contributed by atoms with Crippen LogP contribution in [0.15, 0.2) is 71.8 Å². The molecule has 0 radical (unpaired) electrons. The molecule has 0 heterocycles. The number of hydrogen-bond donors (Lipinski definition) is 1. The Balaban J connectivity index is 1.52. The SMILES string of the molecule is C[C@@H](Oc1ccc(Cl)cc1Cl)C(=O)N/N=C\c1ccc(OC(=O)c2ccccc2Cl)cc1. The van der Waals surface area contributed by atoms with Gasteiger partial charge in [-0.2, -0.15) is 5.10 Å². The van der Waals surface area contributed by atoms with Gasteiger partial charge in [0.15, 0.2) is 6.10 Å². The molecule has 0 aliphatic carbocycles. The van der Waals surface area contributed by atoms with Gasteiger partial charge in [0.25, 0.3) is 5.91 Å². The predicted molar refractivity (Wildman–Crippen MR) is 125 cm³/mol. The average molecular weight is 492 g/mol. The summed E-state index contributed by atoms with van der Waals surface area (Å²) in [4.78, 5) is 24.4. The monoisotopic (exact) mass is 490 g/mol. The van der Waals surface area contributed by atoms with E-state index in [-0.39, 0.29) is 5.56 Å². The van der Waals surface area contributed by atoms with Crippen molar-refractivity contribution in [2.75, 3.05) is 0 Å². The second-order valence-corrected chi connectivity index (χ2v) is 7.76. The number of amides is 1. The van der Waals surface area contributed by atoms with Crippen molar-refractivity contribution in [3.63, 3.8) is 0 Å². The summed E-state index contributed by atoms with van der Waals surface area (Å²) in [6, 6.07) is 17.9. The number of hydrazone groups is 1. The minimum absolute atomic E-state index is 0.277. The second kappa shape index (κ2) is 11.0. The third kappa shape index (κ3) is 6.47. The number of hydrogen-bond acceptors (Lipinski definition) is 5. The number of ether oxygens (including phenoxy) is 2. The largest absolute Gasteiger partial charge is 0.479 e. The lowest BCUT2D eigenvalue weighted by molar-refractivity contribution is -0.127. The zero-order valence-electron chi connectivity index (χ0n) is 16.7. The third-order valence-corrected chi connectivity index (χ3v) is 5.00. The summed E-state index contributed by atoms with van der Waals surface area (Å²) in [7, 11) is 0. The topological polar surface area (TPSA) is 77.0 Å². The van der Waals surface area contributed by atoms with E-state index in [0.717, 1.165) is 0 Å². The first-order valence-corrected chi connectivity index (χ1v) is 10.5. The van der Waals surface area contributed by atoms with Gasteiger partial charge >= 0.3 is 5.97 Å². The molecule has 0 aromatic heterocycles. The molecule has 0 aliphatic rings. The molecule has 1 N–H and O–H groups in total. The first-order valence-electron chi connectivity index (χ1n) is 9.35. The predicted octanol–water partition coefficient (Wildman–Crippen LogP) is 5.78. The standard InChI is InChI=1S/C23H17Cl3N2O4/c1-14(31-21-11-8-16(24)12-20(21)26)22(29)28-27-13-15-6-9-17(10-7-15)32-23(30)18-4-2-3-5-19(18)25/h2-14H,1H3,(H,28,29)/b27-13-/t14-/m1/s1. The van der Waals surface area contributed by atoms with Gasteiger partial charge in [0.2, 0.25) is 0 Å². The van der Waals surface area contributed by atoms with Crippen molar-refractivity contribution in [3.8, 4) is 11.5 Å². The number of rotatable bonds is 7. The lowest BCUT2D eigenvalue weighted by Gasteiger charge is -2.14. The highest BCUT2D eigenvalue weighted by molar-refractivity contribution is 6.35. The van der Waals surface area contributed by atoms with Gasteiger partial charge in [-0.15, -0.1) is 0 Å². The van der Waals surface area contributed by atoms with Crippen molar-refractivity contribution >= 4 is 52.9 Å². The van der Waals surface area contributed by atoms with E-state index in [1.807, 2.05) is 0 Å². The molecule has 164 valence electrons. The van der Waals surface area contributed by atoms with E-state index in [4.69, 9.17) is 44.3 Å². The van der Waals surface area contributed by atoms with Gasteiger partial charge in [-0.05, 0) is 67.1 Å². The van der Waals surface area contributed by atoms with Crippen LogP contribution < -0.4 is 14.9 Å². The average Bonchev–Trinajstić information content (AvgIpc) is 2.77. The van der Waals surface area contributed by atoms with Crippen molar-refractivity contribution in [1.82, 2.24) is 5.43 Å². The summed E-state index contributed by atoms with van der Waals surface area (Å²) in [5.41, 5.74) is 3.35. The molecule has 0 saturated heterocycles. The molecule has 0 spiro atoms. The molecule has 0 fully saturated rings. The van der Waals surface area contributed by atoms with E-state index in [9.17, 15) is 9.59 Å². The van der Waals surface area contributed by atoms with E-state index < -0.39 is 18.0 Å². The quantitative estimate of drug-likeness (QED) is 0.197. The number of nitrogens with one attached hydrogen (secondary N) is 1. The molecule has 3 aromatic rings. The molecule has 0 unspecified atom stereocenters. The first-order chi connectivity index (χ1) is 15.3. The van der Waals surface area contributed by atoms with Crippen LogP contribution in [0.2, 0.25) is 15.1 Å². The minimum atomic E-state index is -0.836. The molecule has 0 bridgehead atoms. The van der Waals surface area contributed by atoms with Gasteiger partial charge < -0.3 is 9.47 Å². The fraction of sp³-hybridized carbons (Fsp3) is 0.0870. The van der Waals surface area contributed by atoms with Crippen LogP contribution in [-0.4, -0.2) is 24.2 Å². The van der Waals surface area contributed by atoms with Crippen LogP contribution in [-0.2, 0) is 4.79 Å². The maximum Gasteiger partial charge on any atom is 0.345 e. The van der Waals surface area contributed by atoms with Gasteiger partial charge in [-0.1, -0.05) is 46.9 Å². The molecule has 0 aliphatic heterocycles. The molecule has 32 heavy (non-hydrogen) atoms. The molecule has 6 nitrogen and oxygen atoms in total. The van der Waals surface area contributed by atoms with Gasteiger partial charge in [0.1, 0.15) is 11.5 Å². The van der Waals surface area contributed by atoms with E-state index in [2.05, 4.69) is 10.5 Å². The van der Waals surface area contributed by atoms with E-state index in [1.165, 1.54) is 12.3 Å². The summed E-state index contributed by atoms with van der Waals surface area (Å²) < 4.78 is 10.8. The molecule has 3 aromatic carbocycles. The van der Waals surface area contributed by atoms with Crippen molar-refractivity contribution < 1.29 is 19.1 Å². The smallest absolute Gasteiger partial charge is 0.345 e. The summed E-state index contributed by atoms with van der Waals surface area (Å²) in [6.45, 7) is 1.57. The first kappa shape index (κ1) is 23.6. The lowest BCUT2D eigenvalue weighted by atomic mass is 10.2. The van der Waals surface area contributed by atoms with Gasteiger partial charge in [0, 0.05) is 5.02 Å². The van der Waals surface area contributed by atoms with Gasteiger partial charge in [0.05, 0.1) is 21.8 Å². The van der Waals surface area contributed by atoms with E-state index in [1.54, 1.807) is 67.6 Å². The van der Waals surface area contributed by atoms with Gasteiger partial charge in [-0.25, -0.2) is 10.2 Å². The molecular formula is C23H17Cl3N2O4. The molecule has 1 amide bonds. The summed E-state index contributed by atoms with van der Waals surface area (Å²) in [5, 5.41) is 4.99. The zero-order valence-corrected chi connectivity index (χ0v) is 19.0. The number of halogens is 3. The summed E-state index contributed by atoms with van der Waals surface area (Å²) in [6.07, 6.45) is 0.608. The molecule has 1 atom stereocenters. The highest BCUT2D eigenvalue weighted by Crippen LogP contribution is 2.28. The van der Waals surface area contributed by atoms with E-state index >= 15 is 0 Å². The van der Waals surface area contributed by atoms with Crippen LogP contribution in [0.1, 0.15) is 22.8 Å². The number of carbonyl (C=O) groups excluding carboxylic acids is 2. The normalized spacial score (nSPS) is 11.8. The molecule has 9 heteroatoms. The maximum atomic E-state index is 12.2. The van der Waals surface area contributed by atoms with Crippen molar-refractivity contribution in [2.45, 2.75) is 13.0 Å². The van der Waals surface area contributed by atoms with Crippen molar-refractivity contribution in [2.24, 2.45) is 5.10 Å². The Bertz CT molecular complexity index is 1150. The zero-order chi connectivity index (χ0) is 23.1. The lowest BCUT2D eigenvalue weighted by Crippen LogP contribution is -2.33. The van der Waals surface area contributed by atoms with Crippen LogP contribution >= 0.6 is 34.8 Å². The summed E-state index contributed by atoms with van der Waals surface area (Å²) >= 11 is 17.9. The molecule has 3 rings (SSSR count). The minimum Gasteiger partial charge on any atom is -0.479 e. The molecular weight excluding hydrogens is 475 g/mol. The highest BCUT2D eigenvalue weighted by atomic mass is 35.5. The number of carbonyl (C=O) groups is 2. The Hall–Kier alpha value is -3.06. The number of esters is 1. The Morgan fingerprint density at radius 1 is 0.969 bits per heavy atom. The number of nitrogens with zero attached hydrogens (tertiary/aromatic N) is 1. The maximum absolute atomic E-state index is 12.2. The second-order valence-electron chi connectivity index (χ2n) is 6.51. The number of benzene rings is 3. The van der Waals surface area contributed by atoms with Crippen molar-refractivity contribution in [3.05, 3.63) is 92.9 Å². The van der Waals surface area contributed by atoms with E-state index in [0.29, 0.717) is 32.1 Å². The van der Waals surface area contributed by atoms with Crippen LogP contribution in [0.5, 0.6) is 11.5 Å². The van der Waals surface area contributed by atoms with Gasteiger partial charge in [-0.3, -0.25) is 4.79 Å². The van der Waals surface area contributed by atoms with Crippen LogP contribution in [0.25, 0.3) is 0 Å². The Kier molecular flexibility index (Phi) is 8.11. The summed E-state index contributed by atoms with van der Waals surface area (Å²) in [5.74, 6) is -0.334. The Morgan fingerprint density at radius 3 is 2.38 bits per heavy atom.